The summed E-state index contributed by atoms with van der Waals surface area (Å²) in [5.41, 5.74) is 33.0. The zero-order valence-corrected chi connectivity index (χ0v) is 80.0. The second-order valence-corrected chi connectivity index (χ2v) is 37.9. The molecule has 12 heteroatoms. The van der Waals surface area contributed by atoms with Crippen LogP contribution in [0.3, 0.4) is 0 Å². The van der Waals surface area contributed by atoms with Gasteiger partial charge >= 0.3 is 0 Å². The van der Waals surface area contributed by atoms with Crippen LogP contribution in [0, 0.1) is 0 Å². The van der Waals surface area contributed by atoms with E-state index in [1.807, 2.05) is 24.3 Å². The first kappa shape index (κ1) is 88.8. The zero-order chi connectivity index (χ0) is 97.4. The molecule has 706 valence electrons. The molecule has 150 heavy (non-hydrogen) atoms. The van der Waals surface area contributed by atoms with E-state index in [0.717, 1.165) is 128 Å². The molecule has 0 atom stereocenters. The van der Waals surface area contributed by atoms with Crippen molar-refractivity contribution in [2.75, 3.05) is 0 Å². The highest BCUT2D eigenvalue weighted by atomic mass is 15.2. The molecule has 0 bridgehead atoms. The Kier molecular flexibility index (Phi) is 21.7. The molecule has 0 aliphatic heterocycles. The van der Waals surface area contributed by atoms with Crippen molar-refractivity contribution in [1.82, 2.24) is 57.3 Å². The highest BCUT2D eigenvalue weighted by Crippen LogP contribution is 2.46. The first-order valence-electron chi connectivity index (χ1n) is 50.2. The summed E-state index contributed by atoms with van der Waals surface area (Å²) in [5.74, 6) is 1.99. The van der Waals surface area contributed by atoms with Crippen LogP contribution >= 0.6 is 0 Å². The average molecular weight is 1920 g/mol. The summed E-state index contributed by atoms with van der Waals surface area (Å²) in [6, 6.07) is 185. The second kappa shape index (κ2) is 36.6. The maximum absolute atomic E-state index is 5.38. The molecule has 0 unspecified atom stereocenters. The lowest BCUT2D eigenvalue weighted by molar-refractivity contribution is 1.01. The molecule has 0 saturated heterocycles. The van der Waals surface area contributed by atoms with Gasteiger partial charge in [-0.3, -0.25) is 13.7 Å². The fourth-order valence-corrected chi connectivity index (χ4v) is 22.9. The van der Waals surface area contributed by atoms with Gasteiger partial charge in [0.15, 0.2) is 0 Å². The molecule has 12 nitrogen and oxygen atoms in total. The van der Waals surface area contributed by atoms with Gasteiger partial charge in [-0.1, -0.05) is 385 Å². The summed E-state index contributed by atoms with van der Waals surface area (Å²) in [4.78, 5) is 31.4. The van der Waals surface area contributed by atoms with E-state index < -0.39 is 0 Å². The van der Waals surface area contributed by atoms with Crippen LogP contribution in [0.15, 0.2) is 522 Å². The topological polar surface area (TPSA) is 107 Å². The van der Waals surface area contributed by atoms with Crippen molar-refractivity contribution in [1.29, 1.82) is 0 Å². The van der Waals surface area contributed by atoms with E-state index >= 15 is 0 Å². The van der Waals surface area contributed by atoms with Crippen LogP contribution in [0.2, 0.25) is 0 Å². The molecule has 0 spiro atoms. The molecule has 0 amide bonds. The Morgan fingerprint density at radius 3 is 0.713 bits per heavy atom. The number of benzene rings is 22. The third-order valence-corrected chi connectivity index (χ3v) is 29.6. The molecule has 0 radical (unpaired) electrons. The molecule has 31 aromatic rings. The summed E-state index contributed by atoms with van der Waals surface area (Å²) in [5, 5.41) is 20.0. The van der Waals surface area contributed by atoms with Crippen LogP contribution in [0.1, 0.15) is 14.9 Å². The fourth-order valence-electron chi connectivity index (χ4n) is 22.9. The number of rotatable bonds is 12. The summed E-state index contributed by atoms with van der Waals surface area (Å²) in [6.07, 6.45) is 0. The Morgan fingerprint density at radius 2 is 0.353 bits per heavy atom. The van der Waals surface area contributed by atoms with Crippen molar-refractivity contribution in [2.45, 2.75) is 14.9 Å². The van der Waals surface area contributed by atoms with Crippen LogP contribution in [-0.4, -0.2) is 57.3 Å². The van der Waals surface area contributed by atoms with Crippen LogP contribution < -0.4 is 0 Å². The first-order chi connectivity index (χ1) is 73.4. The van der Waals surface area contributed by atoms with Crippen LogP contribution in [0.4, 0.5) is 0 Å². The number of aromatic nitrogens is 12. The van der Waals surface area contributed by atoms with Crippen LogP contribution in [-0.2, 0) is 0 Å². The Bertz CT molecular complexity index is 10800. The number of fused-ring (bicyclic) bond motifs is 22. The van der Waals surface area contributed by atoms with E-state index in [4.69, 9.17) is 29.9 Å². The number of hydrogen-bond donors (Lipinski definition) is 0. The van der Waals surface area contributed by atoms with Gasteiger partial charge in [0.1, 0.15) is 0 Å². The Hall–Kier alpha value is -20.1. The van der Waals surface area contributed by atoms with Gasteiger partial charge in [0.25, 0.3) is 0 Å². The lowest BCUT2D eigenvalue weighted by atomic mass is 9.99. The van der Waals surface area contributed by atoms with Crippen molar-refractivity contribution >= 4 is 174 Å². The van der Waals surface area contributed by atoms with E-state index in [1.165, 1.54) is 131 Å². The van der Waals surface area contributed by atoms with E-state index in [1.54, 1.807) is 0 Å². The normalized spacial score (nSPS) is 11.6. The summed E-state index contributed by atoms with van der Waals surface area (Å²) in [6.45, 7) is 0. The molecule has 0 aliphatic rings. The van der Waals surface area contributed by atoms with E-state index in [0.29, 0.717) is 17.8 Å². The first-order valence-corrected chi connectivity index (χ1v) is 50.2. The minimum atomic E-state index is 0. The highest BCUT2D eigenvalue weighted by Gasteiger charge is 2.26. The number of para-hydroxylation sites is 12. The standard InChI is InChI=1S/C48H30N4.2C44H28N4.2CH4/c1-2-15-34(16-3-1)51-43-23-10-7-18-36(43)40-29-32(25-27-45(40)51)33-26-28-46-41(30-33)37-19-8-11-24-44(37)52(46)48-49-42-22-9-6-20-39(42)47(50-48)38-21-12-14-31-13-4-5-17-35(31)38;1-3-13-29(14-4-1)43-37-19-7-10-20-38(37)45-44(46-43)48-40-22-12-9-18-34(40)36-26-24-31(28-42(36)48)30-23-25-35-33-17-8-11-21-39(33)47(41(35)27-30)32-15-5-2-6-16-32;1-3-13-29(14-4-1)43-35-19-7-10-20-38(35)45-44(46-43)48-40-22-12-9-18-34(40)37-28-31(24-26-42(37)48)30-23-25-41-36(27-30)33-17-8-11-21-39(33)47(41)32-15-5-2-6-16-32;;/h1-30H;2*1-28H;2*1H4. The lowest BCUT2D eigenvalue weighted by Crippen LogP contribution is -2.03. The van der Waals surface area contributed by atoms with Crippen molar-refractivity contribution in [3.05, 3.63) is 522 Å². The number of hydrogen-bond acceptors (Lipinski definition) is 6. The smallest absolute Gasteiger partial charge is 0.235 e. The van der Waals surface area contributed by atoms with Gasteiger partial charge in [0.2, 0.25) is 17.8 Å². The molecular weight excluding hydrogens is 1830 g/mol. The summed E-state index contributed by atoms with van der Waals surface area (Å²) >= 11 is 0. The van der Waals surface area contributed by atoms with Crippen molar-refractivity contribution < 1.29 is 0 Å². The van der Waals surface area contributed by atoms with E-state index in [-0.39, 0.29) is 14.9 Å². The predicted octanol–water partition coefficient (Wildman–Crippen LogP) is 35.9. The minimum Gasteiger partial charge on any atom is -0.309 e. The number of nitrogens with zero attached hydrogens (tertiary/aromatic N) is 12. The van der Waals surface area contributed by atoms with Gasteiger partial charge < -0.3 is 13.7 Å². The molecule has 0 aliphatic carbocycles. The Labute approximate surface area is 864 Å². The van der Waals surface area contributed by atoms with Gasteiger partial charge in [-0.2, -0.15) is 0 Å². The molecular formula is C138H94N12. The third-order valence-electron chi connectivity index (χ3n) is 29.6. The van der Waals surface area contributed by atoms with Gasteiger partial charge in [-0.25, -0.2) is 29.9 Å². The van der Waals surface area contributed by atoms with Crippen molar-refractivity contribution in [2.24, 2.45) is 0 Å². The minimum absolute atomic E-state index is 0. The molecule has 0 saturated carbocycles. The quantitative estimate of drug-likeness (QED) is 0.121. The SMILES string of the molecule is C.C.c1ccc(-c2nc(-n3c4ccccc4c4cc(-c5ccc6c(c5)c5ccccc5n6-c5ccccc5)ccc43)nc3ccccc23)cc1.c1ccc(-c2nc(-n3c4ccccc4c4ccc(-c5ccc6c7ccccc7n(-c7ccccc7)c6c5)cc43)nc3ccccc23)cc1.c1ccc(-n2c3ccccc3c3cc(-c4ccc5c(c4)c4ccccc4n5-c4nc(-c5cccc6ccccc56)c5ccccc5n4)ccc32)cc1. The van der Waals surface area contributed by atoms with Crippen LogP contribution in [0.25, 0.3) is 276 Å². The largest absolute Gasteiger partial charge is 0.309 e. The second-order valence-electron chi connectivity index (χ2n) is 37.9. The van der Waals surface area contributed by atoms with Crippen LogP contribution in [0.5, 0.6) is 0 Å². The monoisotopic (exact) mass is 1920 g/mol. The van der Waals surface area contributed by atoms with E-state index in [2.05, 4.69) is 525 Å². The van der Waals surface area contributed by atoms with Crippen molar-refractivity contribution in [3.63, 3.8) is 0 Å². The maximum atomic E-state index is 5.38. The molecule has 9 aromatic heterocycles. The summed E-state index contributed by atoms with van der Waals surface area (Å²) in [7, 11) is 0. The summed E-state index contributed by atoms with van der Waals surface area (Å²) < 4.78 is 13.8. The zero-order valence-electron chi connectivity index (χ0n) is 80.0. The molecule has 0 N–H and O–H groups in total. The highest BCUT2D eigenvalue weighted by molar-refractivity contribution is 6.18. The Balaban J connectivity index is 0.000000110. The van der Waals surface area contributed by atoms with Gasteiger partial charge in [0, 0.05) is 115 Å². The fraction of sp³-hybridized carbons (Fsp3) is 0.0145. The lowest BCUT2D eigenvalue weighted by Gasteiger charge is -2.13. The van der Waals surface area contributed by atoms with Gasteiger partial charge in [0.05, 0.1) is 99.8 Å². The molecule has 31 rings (SSSR count). The molecule has 0 fully saturated rings. The third kappa shape index (κ3) is 14.7. The predicted molar refractivity (Wildman–Crippen MR) is 628 cm³/mol. The molecule has 9 heterocycles. The van der Waals surface area contributed by atoms with Gasteiger partial charge in [-0.05, 0) is 196 Å². The van der Waals surface area contributed by atoms with Gasteiger partial charge in [-0.15, -0.1) is 0 Å². The maximum Gasteiger partial charge on any atom is 0.235 e. The Morgan fingerprint density at radius 1 is 0.127 bits per heavy atom. The molecule has 22 aromatic carbocycles. The van der Waals surface area contributed by atoms with E-state index in [9.17, 15) is 0 Å². The average Bonchev–Trinajstić information content (AvgIpc) is 1.57. The van der Waals surface area contributed by atoms with Crippen molar-refractivity contribution in [3.8, 4) is 102 Å².